The van der Waals surface area contributed by atoms with Gasteiger partial charge in [-0.15, -0.1) is 0 Å². The maximum absolute atomic E-state index is 11.8. The monoisotopic (exact) mass is 305 g/mol. The molecule has 0 heterocycles. The predicted molar refractivity (Wildman–Crippen MR) is 82.2 cm³/mol. The largest absolute Gasteiger partial charge is 0.362 e. The molecule has 7 nitrogen and oxygen atoms in total. The first-order valence-corrected chi connectivity index (χ1v) is 6.58. The van der Waals surface area contributed by atoms with Gasteiger partial charge in [0.25, 0.3) is 5.91 Å². The molecular formula is C13H15N5O2S. The Bertz CT molecular complexity index is 565. The minimum absolute atomic E-state index is 0.214. The summed E-state index contributed by atoms with van der Waals surface area (Å²) in [5.41, 5.74) is 5.92. The van der Waals surface area contributed by atoms with Crippen LogP contribution in [0.2, 0.25) is 0 Å². The van der Waals surface area contributed by atoms with Gasteiger partial charge >= 0.3 is 0 Å². The Labute approximate surface area is 127 Å². The second-order valence-corrected chi connectivity index (χ2v) is 4.31. The van der Waals surface area contributed by atoms with Gasteiger partial charge in [-0.1, -0.05) is 0 Å². The Hall–Kier alpha value is -2.66. The Morgan fingerprint density at radius 2 is 1.90 bits per heavy atom. The van der Waals surface area contributed by atoms with Gasteiger partial charge in [0, 0.05) is 17.8 Å². The number of amides is 2. The van der Waals surface area contributed by atoms with E-state index in [1.807, 2.05) is 6.92 Å². The zero-order valence-electron chi connectivity index (χ0n) is 11.4. The van der Waals surface area contributed by atoms with Crippen molar-refractivity contribution in [3.05, 3.63) is 29.8 Å². The van der Waals surface area contributed by atoms with E-state index < -0.39 is 5.91 Å². The van der Waals surface area contributed by atoms with Crippen molar-refractivity contribution in [2.24, 2.45) is 0 Å². The molecule has 21 heavy (non-hydrogen) atoms. The number of benzene rings is 1. The summed E-state index contributed by atoms with van der Waals surface area (Å²) in [5.74, 6) is -0.752. The molecule has 0 aliphatic rings. The van der Waals surface area contributed by atoms with Crippen molar-refractivity contribution in [1.29, 1.82) is 5.26 Å². The maximum Gasteiger partial charge on any atom is 0.269 e. The lowest BCUT2D eigenvalue weighted by Gasteiger charge is -2.10. The number of hydrogen-bond acceptors (Lipinski definition) is 4. The van der Waals surface area contributed by atoms with E-state index >= 15 is 0 Å². The lowest BCUT2D eigenvalue weighted by molar-refractivity contribution is -0.115. The van der Waals surface area contributed by atoms with Crippen LogP contribution < -0.4 is 21.5 Å². The molecule has 1 rings (SSSR count). The summed E-state index contributed by atoms with van der Waals surface area (Å²) in [6.07, 6.45) is -0.214. The van der Waals surface area contributed by atoms with Crippen molar-refractivity contribution >= 4 is 34.8 Å². The highest BCUT2D eigenvalue weighted by Gasteiger charge is 2.06. The number of hydrazine groups is 1. The van der Waals surface area contributed by atoms with Crippen LogP contribution in [-0.2, 0) is 4.79 Å². The lowest BCUT2D eigenvalue weighted by atomic mass is 10.2. The highest BCUT2D eigenvalue weighted by Crippen LogP contribution is 2.09. The SMILES string of the molecule is CCNC(=S)NNC(=O)c1ccc(NC(=O)CC#N)cc1. The van der Waals surface area contributed by atoms with Crippen molar-refractivity contribution in [3.8, 4) is 6.07 Å². The molecular weight excluding hydrogens is 290 g/mol. The van der Waals surface area contributed by atoms with Gasteiger partial charge in [-0.25, -0.2) is 0 Å². The highest BCUT2D eigenvalue weighted by molar-refractivity contribution is 7.80. The smallest absolute Gasteiger partial charge is 0.269 e. The molecule has 0 aliphatic carbocycles. The average molecular weight is 305 g/mol. The van der Waals surface area contributed by atoms with Crippen LogP contribution in [0.4, 0.5) is 5.69 Å². The summed E-state index contributed by atoms with van der Waals surface area (Å²) in [5, 5.41) is 14.1. The first-order chi connectivity index (χ1) is 10.1. The molecule has 0 radical (unpaired) electrons. The average Bonchev–Trinajstić information content (AvgIpc) is 2.46. The van der Waals surface area contributed by atoms with Crippen LogP contribution in [0.3, 0.4) is 0 Å². The number of hydrogen-bond donors (Lipinski definition) is 4. The summed E-state index contributed by atoms with van der Waals surface area (Å²) >= 11 is 4.90. The van der Waals surface area contributed by atoms with Crippen LogP contribution in [0.5, 0.6) is 0 Å². The normalized spacial score (nSPS) is 9.14. The number of nitriles is 1. The standard InChI is InChI=1S/C13H15N5O2S/c1-2-15-13(21)18-17-12(20)9-3-5-10(6-4-9)16-11(19)7-8-14/h3-6H,2,7H2,1H3,(H,16,19)(H,17,20)(H2,15,18,21). The van der Waals surface area contributed by atoms with Crippen molar-refractivity contribution in [2.45, 2.75) is 13.3 Å². The minimum atomic E-state index is -0.396. The van der Waals surface area contributed by atoms with E-state index in [-0.39, 0.29) is 12.3 Å². The summed E-state index contributed by atoms with van der Waals surface area (Å²) in [6.45, 7) is 2.54. The fourth-order valence-corrected chi connectivity index (χ4v) is 1.57. The molecule has 0 aliphatic heterocycles. The van der Waals surface area contributed by atoms with Gasteiger partial charge in [0.05, 0.1) is 6.07 Å². The van der Waals surface area contributed by atoms with E-state index in [4.69, 9.17) is 17.5 Å². The fourth-order valence-electron chi connectivity index (χ4n) is 1.37. The lowest BCUT2D eigenvalue weighted by Crippen LogP contribution is -2.46. The number of thiocarbonyl (C=S) groups is 1. The minimum Gasteiger partial charge on any atom is -0.362 e. The van der Waals surface area contributed by atoms with Crippen LogP contribution in [-0.4, -0.2) is 23.5 Å². The molecule has 0 bridgehead atoms. The van der Waals surface area contributed by atoms with Gasteiger partial charge in [0.15, 0.2) is 5.11 Å². The van der Waals surface area contributed by atoms with Crippen molar-refractivity contribution in [3.63, 3.8) is 0 Å². The van der Waals surface area contributed by atoms with Crippen LogP contribution in [0, 0.1) is 11.3 Å². The molecule has 1 aromatic rings. The predicted octanol–water partition coefficient (Wildman–Crippen LogP) is 0.668. The number of carbonyl (C=O) groups is 2. The zero-order chi connectivity index (χ0) is 15.7. The van der Waals surface area contributed by atoms with Crippen LogP contribution in [0.15, 0.2) is 24.3 Å². The van der Waals surface area contributed by atoms with E-state index in [0.717, 1.165) is 0 Å². The third-order valence-corrected chi connectivity index (χ3v) is 2.54. The molecule has 0 saturated heterocycles. The number of anilines is 1. The van der Waals surface area contributed by atoms with Crippen LogP contribution >= 0.6 is 12.2 Å². The second-order valence-electron chi connectivity index (χ2n) is 3.90. The van der Waals surface area contributed by atoms with E-state index in [1.165, 1.54) is 0 Å². The molecule has 0 saturated carbocycles. The fraction of sp³-hybridized carbons (Fsp3) is 0.231. The summed E-state index contributed by atoms with van der Waals surface area (Å²) in [7, 11) is 0. The zero-order valence-corrected chi connectivity index (χ0v) is 12.2. The maximum atomic E-state index is 11.8. The third kappa shape index (κ3) is 5.88. The molecule has 8 heteroatoms. The number of nitrogens with zero attached hydrogens (tertiary/aromatic N) is 1. The Balaban J connectivity index is 2.53. The van der Waals surface area contributed by atoms with Crippen LogP contribution in [0.25, 0.3) is 0 Å². The van der Waals surface area contributed by atoms with Gasteiger partial charge in [0.1, 0.15) is 6.42 Å². The number of rotatable bonds is 4. The van der Waals surface area contributed by atoms with Crippen LogP contribution in [0.1, 0.15) is 23.7 Å². The van der Waals surface area contributed by atoms with Gasteiger partial charge in [-0.2, -0.15) is 5.26 Å². The number of carbonyl (C=O) groups excluding carboxylic acids is 2. The van der Waals surface area contributed by atoms with Crippen molar-refractivity contribution in [2.75, 3.05) is 11.9 Å². The van der Waals surface area contributed by atoms with Gasteiger partial charge in [-0.3, -0.25) is 20.4 Å². The van der Waals surface area contributed by atoms with E-state index in [9.17, 15) is 9.59 Å². The number of nitrogens with one attached hydrogen (secondary N) is 4. The van der Waals surface area contributed by atoms with Crippen molar-refractivity contribution < 1.29 is 9.59 Å². The third-order valence-electron chi connectivity index (χ3n) is 2.30. The Morgan fingerprint density at radius 3 is 2.48 bits per heavy atom. The summed E-state index contributed by atoms with van der Waals surface area (Å²) in [6, 6.07) is 8.01. The van der Waals surface area contributed by atoms with Gasteiger partial charge < -0.3 is 10.6 Å². The molecule has 0 atom stereocenters. The molecule has 4 N–H and O–H groups in total. The molecule has 0 unspecified atom stereocenters. The van der Waals surface area contributed by atoms with E-state index in [0.29, 0.717) is 22.9 Å². The molecule has 0 spiro atoms. The van der Waals surface area contributed by atoms with Gasteiger partial charge in [0.2, 0.25) is 5.91 Å². The summed E-state index contributed by atoms with van der Waals surface area (Å²) < 4.78 is 0. The quantitative estimate of drug-likeness (QED) is 0.481. The van der Waals surface area contributed by atoms with Crippen molar-refractivity contribution in [1.82, 2.24) is 16.2 Å². The summed E-state index contributed by atoms with van der Waals surface area (Å²) in [4.78, 5) is 23.0. The topological polar surface area (TPSA) is 106 Å². The molecule has 0 fully saturated rings. The van der Waals surface area contributed by atoms with Gasteiger partial charge in [-0.05, 0) is 43.4 Å². The Kier molecular flexibility index (Phi) is 6.63. The first-order valence-electron chi connectivity index (χ1n) is 6.18. The first kappa shape index (κ1) is 16.4. The Morgan fingerprint density at radius 1 is 1.24 bits per heavy atom. The highest BCUT2D eigenvalue weighted by atomic mass is 32.1. The molecule has 110 valence electrons. The molecule has 2 amide bonds. The van der Waals surface area contributed by atoms with E-state index in [1.54, 1.807) is 30.3 Å². The second kappa shape index (κ2) is 8.50. The molecule has 1 aromatic carbocycles. The molecule has 0 aromatic heterocycles. The van der Waals surface area contributed by atoms with E-state index in [2.05, 4.69) is 21.5 Å².